The molecule has 34 heavy (non-hydrogen) atoms. The fourth-order valence-corrected chi connectivity index (χ4v) is 3.70. The number of anilines is 1. The van der Waals surface area contributed by atoms with Gasteiger partial charge in [-0.15, -0.1) is 0 Å². The highest BCUT2D eigenvalue weighted by Crippen LogP contribution is 2.25. The van der Waals surface area contributed by atoms with E-state index in [2.05, 4.69) is 11.4 Å². The Bertz CT molecular complexity index is 1530. The van der Waals surface area contributed by atoms with Crippen LogP contribution in [0.4, 0.5) is 5.69 Å². The van der Waals surface area contributed by atoms with Crippen LogP contribution >= 0.6 is 0 Å². The molecule has 0 radical (unpaired) electrons. The van der Waals surface area contributed by atoms with Crippen LogP contribution in [0.3, 0.4) is 0 Å². The van der Waals surface area contributed by atoms with Gasteiger partial charge in [0.05, 0.1) is 17.2 Å². The van der Waals surface area contributed by atoms with Gasteiger partial charge in [0, 0.05) is 34.9 Å². The Morgan fingerprint density at radius 1 is 1.00 bits per heavy atom. The molecule has 164 valence electrons. The standard InChI is InChI=1S/C27H18N4O3/c28-14-19-6-1-2-7-20(19)16-31-17-22(24-10-3-4-11-25(24)31)12-21(15-29)26(32)30-23-9-5-8-18(13-23)27(33)34/h1-13,17H,16H2,(H,30,32)(H,33,34). The lowest BCUT2D eigenvalue weighted by molar-refractivity contribution is -0.112. The zero-order valence-corrected chi connectivity index (χ0v) is 17.9. The first-order chi connectivity index (χ1) is 16.5. The summed E-state index contributed by atoms with van der Waals surface area (Å²) in [6.45, 7) is 0.453. The Morgan fingerprint density at radius 3 is 2.53 bits per heavy atom. The molecule has 4 rings (SSSR count). The predicted octanol–water partition coefficient (Wildman–Crippen LogP) is 4.81. The fraction of sp³-hybridized carbons (Fsp3) is 0.0370. The van der Waals surface area contributed by atoms with Gasteiger partial charge in [0.15, 0.2) is 0 Å². The highest BCUT2D eigenvalue weighted by molar-refractivity contribution is 6.11. The van der Waals surface area contributed by atoms with Crippen molar-refractivity contribution in [2.24, 2.45) is 0 Å². The largest absolute Gasteiger partial charge is 0.478 e. The van der Waals surface area contributed by atoms with Crippen molar-refractivity contribution in [1.29, 1.82) is 10.5 Å². The molecule has 0 aliphatic carbocycles. The van der Waals surface area contributed by atoms with E-state index in [1.165, 1.54) is 24.3 Å². The van der Waals surface area contributed by atoms with Gasteiger partial charge in [-0.25, -0.2) is 4.79 Å². The Morgan fingerprint density at radius 2 is 1.76 bits per heavy atom. The maximum absolute atomic E-state index is 12.8. The predicted molar refractivity (Wildman–Crippen MR) is 128 cm³/mol. The molecule has 3 aromatic carbocycles. The molecule has 0 aliphatic heterocycles. The molecule has 0 unspecified atom stereocenters. The van der Waals surface area contributed by atoms with Crippen molar-refractivity contribution >= 4 is 34.5 Å². The van der Waals surface area contributed by atoms with E-state index in [9.17, 15) is 20.1 Å². The Balaban J connectivity index is 1.69. The van der Waals surface area contributed by atoms with E-state index in [1.807, 2.05) is 59.3 Å². The van der Waals surface area contributed by atoms with Crippen LogP contribution in [0, 0.1) is 22.7 Å². The zero-order valence-electron chi connectivity index (χ0n) is 17.9. The molecule has 1 amide bonds. The topological polar surface area (TPSA) is 119 Å². The molecule has 0 saturated carbocycles. The van der Waals surface area contributed by atoms with Crippen molar-refractivity contribution in [3.05, 3.63) is 107 Å². The third-order valence-electron chi connectivity index (χ3n) is 5.33. The highest BCUT2D eigenvalue weighted by atomic mass is 16.4. The van der Waals surface area contributed by atoms with Crippen LogP contribution in [0.2, 0.25) is 0 Å². The molecule has 0 fully saturated rings. The monoisotopic (exact) mass is 446 g/mol. The molecule has 0 saturated heterocycles. The first kappa shape index (κ1) is 22.1. The van der Waals surface area contributed by atoms with Crippen LogP contribution in [-0.4, -0.2) is 21.6 Å². The number of hydrogen-bond donors (Lipinski definition) is 2. The smallest absolute Gasteiger partial charge is 0.335 e. The molecule has 4 aromatic rings. The third kappa shape index (κ3) is 4.55. The second-order valence-corrected chi connectivity index (χ2v) is 7.51. The first-order valence-corrected chi connectivity index (χ1v) is 10.3. The number of aromatic carboxylic acids is 1. The number of nitrogens with one attached hydrogen (secondary N) is 1. The van der Waals surface area contributed by atoms with E-state index in [-0.39, 0.29) is 16.8 Å². The molecule has 0 atom stereocenters. The molecular weight excluding hydrogens is 428 g/mol. The summed E-state index contributed by atoms with van der Waals surface area (Å²) in [5.41, 5.74) is 3.20. The summed E-state index contributed by atoms with van der Waals surface area (Å²) in [5, 5.41) is 31.6. The molecule has 7 heteroatoms. The van der Waals surface area contributed by atoms with Gasteiger partial charge in [-0.3, -0.25) is 4.79 Å². The number of benzene rings is 3. The minimum absolute atomic E-state index is 0.0287. The molecular formula is C27H18N4O3. The number of amides is 1. The van der Waals surface area contributed by atoms with Crippen molar-refractivity contribution in [2.75, 3.05) is 5.32 Å². The van der Waals surface area contributed by atoms with Crippen LogP contribution in [-0.2, 0) is 11.3 Å². The summed E-state index contributed by atoms with van der Waals surface area (Å²) in [6.07, 6.45) is 3.35. The number of fused-ring (bicyclic) bond motifs is 1. The minimum Gasteiger partial charge on any atom is -0.478 e. The van der Waals surface area contributed by atoms with Gasteiger partial charge >= 0.3 is 5.97 Å². The van der Waals surface area contributed by atoms with Gasteiger partial charge in [-0.1, -0.05) is 42.5 Å². The lowest BCUT2D eigenvalue weighted by Crippen LogP contribution is -2.13. The number of nitriles is 2. The third-order valence-corrected chi connectivity index (χ3v) is 5.33. The van der Waals surface area contributed by atoms with Gasteiger partial charge < -0.3 is 15.0 Å². The lowest BCUT2D eigenvalue weighted by Gasteiger charge is -2.07. The number of hydrogen-bond acceptors (Lipinski definition) is 4. The first-order valence-electron chi connectivity index (χ1n) is 10.3. The number of carboxylic acids is 1. The van der Waals surface area contributed by atoms with Crippen LogP contribution in [0.5, 0.6) is 0 Å². The number of carbonyl (C=O) groups excluding carboxylic acids is 1. The van der Waals surface area contributed by atoms with Gasteiger partial charge in [-0.2, -0.15) is 10.5 Å². The molecule has 1 heterocycles. The van der Waals surface area contributed by atoms with E-state index >= 15 is 0 Å². The summed E-state index contributed by atoms with van der Waals surface area (Å²) in [4.78, 5) is 23.9. The number of nitrogens with zero attached hydrogens (tertiary/aromatic N) is 3. The lowest BCUT2D eigenvalue weighted by atomic mass is 10.1. The Kier molecular flexibility index (Phi) is 6.20. The quantitative estimate of drug-likeness (QED) is 0.326. The van der Waals surface area contributed by atoms with Crippen LogP contribution in [0.1, 0.15) is 27.0 Å². The Hall–Kier alpha value is -5.14. The average Bonchev–Trinajstić information content (AvgIpc) is 3.20. The van der Waals surface area contributed by atoms with E-state index in [0.717, 1.165) is 16.5 Å². The zero-order chi connectivity index (χ0) is 24.1. The second kappa shape index (κ2) is 9.56. The summed E-state index contributed by atoms with van der Waals surface area (Å²) >= 11 is 0. The molecule has 7 nitrogen and oxygen atoms in total. The number of rotatable bonds is 6. The van der Waals surface area contributed by atoms with Crippen LogP contribution in [0.25, 0.3) is 17.0 Å². The Labute approximate surface area is 195 Å². The molecule has 0 aliphatic rings. The van der Waals surface area contributed by atoms with Crippen molar-refractivity contribution in [1.82, 2.24) is 4.57 Å². The number of aromatic nitrogens is 1. The number of para-hydroxylation sites is 1. The average molecular weight is 446 g/mol. The maximum Gasteiger partial charge on any atom is 0.335 e. The molecule has 1 aromatic heterocycles. The summed E-state index contributed by atoms with van der Waals surface area (Å²) in [5.74, 6) is -1.75. The van der Waals surface area contributed by atoms with Crippen molar-refractivity contribution in [3.63, 3.8) is 0 Å². The van der Waals surface area contributed by atoms with E-state index < -0.39 is 11.9 Å². The number of carbonyl (C=O) groups is 2. The highest BCUT2D eigenvalue weighted by Gasteiger charge is 2.14. The van der Waals surface area contributed by atoms with Gasteiger partial charge in [0.2, 0.25) is 0 Å². The summed E-state index contributed by atoms with van der Waals surface area (Å²) < 4.78 is 1.97. The van der Waals surface area contributed by atoms with Gasteiger partial charge in [-0.05, 0) is 42.0 Å². The SMILES string of the molecule is N#CC(=Cc1cn(Cc2ccccc2C#N)c2ccccc12)C(=O)Nc1cccc(C(=O)O)c1. The fourth-order valence-electron chi connectivity index (χ4n) is 3.70. The number of carboxylic acid groups (broad SMARTS) is 1. The van der Waals surface area contributed by atoms with Crippen molar-refractivity contribution < 1.29 is 14.7 Å². The molecule has 0 spiro atoms. The van der Waals surface area contributed by atoms with Crippen LogP contribution in [0.15, 0.2) is 84.6 Å². The summed E-state index contributed by atoms with van der Waals surface area (Å²) in [7, 11) is 0. The molecule has 0 bridgehead atoms. The van der Waals surface area contributed by atoms with E-state index in [0.29, 0.717) is 17.7 Å². The molecule has 2 N–H and O–H groups in total. The van der Waals surface area contributed by atoms with E-state index in [1.54, 1.807) is 12.1 Å². The maximum atomic E-state index is 12.8. The van der Waals surface area contributed by atoms with Crippen molar-refractivity contribution in [3.8, 4) is 12.1 Å². The van der Waals surface area contributed by atoms with Gasteiger partial charge in [0.1, 0.15) is 11.6 Å². The van der Waals surface area contributed by atoms with E-state index in [4.69, 9.17) is 5.11 Å². The van der Waals surface area contributed by atoms with Crippen LogP contribution < -0.4 is 5.32 Å². The minimum atomic E-state index is -1.11. The normalized spacial score (nSPS) is 10.9. The van der Waals surface area contributed by atoms with Crippen molar-refractivity contribution in [2.45, 2.75) is 6.54 Å². The van der Waals surface area contributed by atoms with Gasteiger partial charge in [0.25, 0.3) is 5.91 Å². The summed E-state index contributed by atoms with van der Waals surface area (Å²) in [6, 6.07) is 24.9. The second-order valence-electron chi connectivity index (χ2n) is 7.51.